The number of carbonyl (C=O) groups excluding carboxylic acids is 1. The molecule has 1 aromatic rings. The first-order chi connectivity index (χ1) is 8.63. The van der Waals surface area contributed by atoms with E-state index in [1.54, 1.807) is 6.07 Å². The fourth-order valence-electron chi connectivity index (χ4n) is 1.36. The molecule has 0 saturated heterocycles. The van der Waals surface area contributed by atoms with Crippen LogP contribution in [0.2, 0.25) is 0 Å². The van der Waals surface area contributed by atoms with Crippen LogP contribution in [0.3, 0.4) is 0 Å². The van der Waals surface area contributed by atoms with Gasteiger partial charge in [0.2, 0.25) is 5.88 Å². The molecule has 2 rings (SSSR count). The van der Waals surface area contributed by atoms with Crippen molar-refractivity contribution in [2.45, 2.75) is 32.0 Å². The lowest BCUT2D eigenvalue weighted by molar-refractivity contribution is -0.0528. The Balaban J connectivity index is 1.82. The minimum atomic E-state index is -2.90. The van der Waals surface area contributed by atoms with E-state index in [0.29, 0.717) is 5.56 Å². The summed E-state index contributed by atoms with van der Waals surface area (Å²) in [5.41, 5.74) is 0.645. The van der Waals surface area contributed by atoms with Crippen molar-refractivity contribution in [3.63, 3.8) is 0 Å². The normalized spacial score (nSPS) is 14.4. The van der Waals surface area contributed by atoms with Gasteiger partial charge in [-0.05, 0) is 24.5 Å². The van der Waals surface area contributed by atoms with Crippen LogP contribution in [0.1, 0.15) is 18.4 Å². The molecule has 0 atom stereocenters. The molecule has 0 spiro atoms. The lowest BCUT2D eigenvalue weighted by Crippen LogP contribution is -2.36. The van der Waals surface area contributed by atoms with E-state index in [4.69, 9.17) is 0 Å². The molecule has 1 aliphatic rings. The molecule has 18 heavy (non-hydrogen) atoms. The Morgan fingerprint density at radius 3 is 3.00 bits per heavy atom. The lowest BCUT2D eigenvalue weighted by Gasteiger charge is -2.08. The summed E-state index contributed by atoms with van der Waals surface area (Å²) >= 11 is 0. The van der Waals surface area contributed by atoms with Crippen LogP contribution in [0.25, 0.3) is 0 Å². The number of nitrogens with zero attached hydrogens (tertiary/aromatic N) is 1. The summed E-state index contributed by atoms with van der Waals surface area (Å²) in [7, 11) is 0. The van der Waals surface area contributed by atoms with Crippen LogP contribution in [0.5, 0.6) is 5.88 Å². The molecule has 1 aromatic heterocycles. The van der Waals surface area contributed by atoms with E-state index in [9.17, 15) is 13.6 Å². The van der Waals surface area contributed by atoms with Crippen molar-refractivity contribution in [3.05, 3.63) is 23.9 Å². The molecule has 98 valence electrons. The highest BCUT2D eigenvalue weighted by Gasteiger charge is 2.22. The van der Waals surface area contributed by atoms with Gasteiger partial charge in [0.1, 0.15) is 0 Å². The van der Waals surface area contributed by atoms with Crippen LogP contribution in [-0.2, 0) is 6.54 Å². The number of alkyl halides is 2. The second kappa shape index (κ2) is 5.61. The summed E-state index contributed by atoms with van der Waals surface area (Å²) in [5.74, 6) is -0.160. The number of urea groups is 1. The lowest BCUT2D eigenvalue weighted by atomic mass is 10.2. The van der Waals surface area contributed by atoms with Gasteiger partial charge >= 0.3 is 12.6 Å². The number of aromatic nitrogens is 1. The van der Waals surface area contributed by atoms with Crippen molar-refractivity contribution in [2.24, 2.45) is 0 Å². The maximum Gasteiger partial charge on any atom is 0.388 e. The van der Waals surface area contributed by atoms with E-state index in [0.717, 1.165) is 12.8 Å². The highest BCUT2D eigenvalue weighted by molar-refractivity contribution is 5.74. The van der Waals surface area contributed by atoms with E-state index in [1.165, 1.54) is 12.3 Å². The molecular weight excluding hydrogens is 244 g/mol. The third kappa shape index (κ3) is 4.15. The van der Waals surface area contributed by atoms with Gasteiger partial charge in [0, 0.05) is 24.8 Å². The third-order valence-electron chi connectivity index (χ3n) is 2.37. The Hall–Kier alpha value is -1.92. The number of rotatable bonds is 5. The van der Waals surface area contributed by atoms with Gasteiger partial charge in [-0.3, -0.25) is 0 Å². The quantitative estimate of drug-likeness (QED) is 0.843. The van der Waals surface area contributed by atoms with E-state index in [1.807, 2.05) is 0 Å². The van der Waals surface area contributed by atoms with E-state index >= 15 is 0 Å². The third-order valence-corrected chi connectivity index (χ3v) is 2.37. The molecule has 7 heteroatoms. The van der Waals surface area contributed by atoms with Gasteiger partial charge < -0.3 is 15.4 Å². The number of halogens is 2. The molecule has 1 saturated carbocycles. The molecule has 0 radical (unpaired) electrons. The van der Waals surface area contributed by atoms with Gasteiger partial charge in [0.25, 0.3) is 0 Å². The second-order valence-electron chi connectivity index (χ2n) is 3.98. The summed E-state index contributed by atoms with van der Waals surface area (Å²) in [5, 5.41) is 5.38. The van der Waals surface area contributed by atoms with Crippen molar-refractivity contribution in [1.29, 1.82) is 0 Å². The van der Waals surface area contributed by atoms with Crippen LogP contribution in [0.4, 0.5) is 13.6 Å². The van der Waals surface area contributed by atoms with Crippen LogP contribution in [-0.4, -0.2) is 23.7 Å². The summed E-state index contributed by atoms with van der Waals surface area (Å²) in [6.45, 7) is -2.67. The number of amides is 2. The highest BCUT2D eigenvalue weighted by Crippen LogP contribution is 2.18. The minimum Gasteiger partial charge on any atom is -0.417 e. The largest absolute Gasteiger partial charge is 0.417 e. The van der Waals surface area contributed by atoms with Gasteiger partial charge in [-0.2, -0.15) is 8.78 Å². The van der Waals surface area contributed by atoms with E-state index < -0.39 is 6.61 Å². The monoisotopic (exact) mass is 257 g/mol. The summed E-state index contributed by atoms with van der Waals surface area (Å²) < 4.78 is 28.1. The van der Waals surface area contributed by atoms with Crippen molar-refractivity contribution in [2.75, 3.05) is 0 Å². The Morgan fingerprint density at radius 2 is 2.33 bits per heavy atom. The standard InChI is InChI=1S/C11H13F2N3O2/c12-10(13)18-9-5-7(3-4-14-9)6-15-11(17)16-8-1-2-8/h3-5,8,10H,1-2,6H2,(H2,15,16,17). The van der Waals surface area contributed by atoms with Gasteiger partial charge in [-0.25, -0.2) is 9.78 Å². The van der Waals surface area contributed by atoms with Crippen LogP contribution in [0.15, 0.2) is 18.3 Å². The zero-order valence-electron chi connectivity index (χ0n) is 9.53. The van der Waals surface area contributed by atoms with E-state index in [-0.39, 0.29) is 24.5 Å². The van der Waals surface area contributed by atoms with Crippen LogP contribution >= 0.6 is 0 Å². The zero-order chi connectivity index (χ0) is 13.0. The Morgan fingerprint density at radius 1 is 1.56 bits per heavy atom. The molecule has 2 N–H and O–H groups in total. The predicted octanol–water partition coefficient (Wildman–Crippen LogP) is 1.64. The van der Waals surface area contributed by atoms with Gasteiger partial charge in [-0.1, -0.05) is 0 Å². The summed E-state index contributed by atoms with van der Waals surface area (Å²) in [6, 6.07) is 3.00. The zero-order valence-corrected chi connectivity index (χ0v) is 9.53. The smallest absolute Gasteiger partial charge is 0.388 e. The van der Waals surface area contributed by atoms with Crippen LogP contribution in [0, 0.1) is 0 Å². The number of hydrogen-bond acceptors (Lipinski definition) is 3. The molecular formula is C11H13F2N3O2. The number of nitrogens with one attached hydrogen (secondary N) is 2. The van der Waals surface area contributed by atoms with Crippen molar-refractivity contribution >= 4 is 6.03 Å². The molecule has 0 aromatic carbocycles. The number of pyridine rings is 1. The maximum absolute atomic E-state index is 12.0. The molecule has 2 amide bonds. The number of hydrogen-bond donors (Lipinski definition) is 2. The molecule has 5 nitrogen and oxygen atoms in total. The first-order valence-corrected chi connectivity index (χ1v) is 5.57. The van der Waals surface area contributed by atoms with Crippen molar-refractivity contribution < 1.29 is 18.3 Å². The highest BCUT2D eigenvalue weighted by atomic mass is 19.3. The minimum absolute atomic E-state index is 0.160. The molecule has 0 aliphatic heterocycles. The summed E-state index contributed by atoms with van der Waals surface area (Å²) in [6.07, 6.45) is 3.37. The van der Waals surface area contributed by atoms with Gasteiger partial charge in [0.05, 0.1) is 0 Å². The SMILES string of the molecule is O=C(NCc1ccnc(OC(F)F)c1)NC1CC1. The van der Waals surface area contributed by atoms with Gasteiger partial charge in [-0.15, -0.1) is 0 Å². The molecule has 0 unspecified atom stereocenters. The van der Waals surface area contributed by atoms with Crippen LogP contribution < -0.4 is 15.4 Å². The molecule has 1 heterocycles. The van der Waals surface area contributed by atoms with E-state index in [2.05, 4.69) is 20.4 Å². The molecule has 1 fully saturated rings. The molecule has 1 aliphatic carbocycles. The predicted molar refractivity (Wildman–Crippen MR) is 59.3 cm³/mol. The second-order valence-corrected chi connectivity index (χ2v) is 3.98. The molecule has 0 bridgehead atoms. The van der Waals surface area contributed by atoms with Gasteiger partial charge in [0.15, 0.2) is 0 Å². The first-order valence-electron chi connectivity index (χ1n) is 5.57. The fraction of sp³-hybridized carbons (Fsp3) is 0.455. The first kappa shape index (κ1) is 12.5. The van der Waals surface area contributed by atoms with Crippen molar-refractivity contribution in [1.82, 2.24) is 15.6 Å². The maximum atomic E-state index is 12.0. The number of ether oxygens (including phenoxy) is 1. The number of carbonyl (C=O) groups is 1. The average Bonchev–Trinajstić information content (AvgIpc) is 3.10. The van der Waals surface area contributed by atoms with Crippen molar-refractivity contribution in [3.8, 4) is 5.88 Å². The topological polar surface area (TPSA) is 63.2 Å². The Bertz CT molecular complexity index is 425. The summed E-state index contributed by atoms with van der Waals surface area (Å²) in [4.78, 5) is 15.0. The Kier molecular flexibility index (Phi) is 3.91. The Labute approximate surface area is 103 Å². The average molecular weight is 257 g/mol. The fourth-order valence-corrected chi connectivity index (χ4v) is 1.36.